The van der Waals surface area contributed by atoms with Gasteiger partial charge in [-0.25, -0.2) is 17.5 Å². The number of benzene rings is 2. The van der Waals surface area contributed by atoms with Gasteiger partial charge in [0.1, 0.15) is 11.6 Å². The summed E-state index contributed by atoms with van der Waals surface area (Å²) in [7, 11) is -2.53. The van der Waals surface area contributed by atoms with Gasteiger partial charge in [-0.2, -0.15) is 0 Å². The number of hydrogen-bond acceptors (Lipinski definition) is 5. The van der Waals surface area contributed by atoms with Crippen LogP contribution in [0.1, 0.15) is 23.2 Å². The molecule has 1 unspecified atom stereocenters. The van der Waals surface area contributed by atoms with Crippen LogP contribution in [0, 0.1) is 5.82 Å². The van der Waals surface area contributed by atoms with Gasteiger partial charge in [0, 0.05) is 18.2 Å². The number of methoxy groups -OCH3 is 1. The molecule has 0 aromatic heterocycles. The highest BCUT2D eigenvalue weighted by atomic mass is 35.5. The summed E-state index contributed by atoms with van der Waals surface area (Å²) >= 11 is 5.93. The van der Waals surface area contributed by atoms with Crippen molar-refractivity contribution in [1.29, 1.82) is 0 Å². The van der Waals surface area contributed by atoms with Gasteiger partial charge in [-0.15, -0.1) is 0 Å². The standard InChI is InChI=1S/C19H20ClFN2O5S/c1-27-18-7-4-12(20)9-17(18)23-19(24)15-10-14(5-6-16(15)21)29(25,26)22-11-13-3-2-8-28-13/h4-7,9-10,13,22H,2-3,8,11H2,1H3,(H,23,24). The normalized spacial score (nSPS) is 16.6. The summed E-state index contributed by atoms with van der Waals surface area (Å²) in [5.74, 6) is -1.37. The van der Waals surface area contributed by atoms with E-state index in [1.807, 2.05) is 0 Å². The average molecular weight is 443 g/mol. The number of amides is 1. The topological polar surface area (TPSA) is 93.7 Å². The third kappa shape index (κ3) is 5.24. The summed E-state index contributed by atoms with van der Waals surface area (Å²) in [5.41, 5.74) is -0.193. The molecule has 1 fully saturated rings. The summed E-state index contributed by atoms with van der Waals surface area (Å²) in [6.07, 6.45) is 1.45. The number of sulfonamides is 1. The van der Waals surface area contributed by atoms with E-state index >= 15 is 0 Å². The lowest BCUT2D eigenvalue weighted by Gasteiger charge is -2.13. The van der Waals surface area contributed by atoms with Gasteiger partial charge < -0.3 is 14.8 Å². The smallest absolute Gasteiger partial charge is 0.258 e. The molecule has 7 nitrogen and oxygen atoms in total. The van der Waals surface area contributed by atoms with Crippen molar-refractivity contribution in [2.75, 3.05) is 25.6 Å². The zero-order valence-corrected chi connectivity index (χ0v) is 17.1. The third-order valence-electron chi connectivity index (χ3n) is 4.43. The van der Waals surface area contributed by atoms with Crippen molar-refractivity contribution in [3.05, 3.63) is 52.8 Å². The first kappa shape index (κ1) is 21.5. The van der Waals surface area contributed by atoms with Gasteiger partial charge in [0.25, 0.3) is 5.91 Å². The maximum absolute atomic E-state index is 14.3. The molecule has 1 heterocycles. The largest absolute Gasteiger partial charge is 0.495 e. The minimum Gasteiger partial charge on any atom is -0.495 e. The van der Waals surface area contributed by atoms with Gasteiger partial charge in [-0.1, -0.05) is 11.6 Å². The minimum atomic E-state index is -3.94. The highest BCUT2D eigenvalue weighted by molar-refractivity contribution is 7.89. The molecular weight excluding hydrogens is 423 g/mol. The molecule has 1 aliphatic rings. The summed E-state index contributed by atoms with van der Waals surface area (Å²) in [6.45, 7) is 0.710. The van der Waals surface area contributed by atoms with Crippen LogP contribution >= 0.6 is 11.6 Å². The molecule has 1 atom stereocenters. The van der Waals surface area contributed by atoms with Gasteiger partial charge >= 0.3 is 0 Å². The molecule has 0 spiro atoms. The Morgan fingerprint density at radius 3 is 2.79 bits per heavy atom. The molecule has 1 aliphatic heterocycles. The minimum absolute atomic E-state index is 0.112. The highest BCUT2D eigenvalue weighted by Crippen LogP contribution is 2.28. The average Bonchev–Trinajstić information content (AvgIpc) is 3.20. The first-order chi connectivity index (χ1) is 13.8. The van der Waals surface area contributed by atoms with Crippen LogP contribution in [0.4, 0.5) is 10.1 Å². The van der Waals surface area contributed by atoms with Gasteiger partial charge in [-0.05, 0) is 49.2 Å². The third-order valence-corrected chi connectivity index (χ3v) is 6.08. The number of carbonyl (C=O) groups excluding carboxylic acids is 1. The molecule has 156 valence electrons. The highest BCUT2D eigenvalue weighted by Gasteiger charge is 2.23. The monoisotopic (exact) mass is 442 g/mol. The fourth-order valence-corrected chi connectivity index (χ4v) is 4.17. The van der Waals surface area contributed by atoms with Crippen LogP contribution in [0.15, 0.2) is 41.3 Å². The van der Waals surface area contributed by atoms with Crippen molar-refractivity contribution in [2.45, 2.75) is 23.8 Å². The molecule has 0 bridgehead atoms. The van der Waals surface area contributed by atoms with Crippen molar-refractivity contribution in [2.24, 2.45) is 0 Å². The van der Waals surface area contributed by atoms with E-state index in [1.165, 1.54) is 13.2 Å². The van der Waals surface area contributed by atoms with Crippen LogP contribution in [0.2, 0.25) is 5.02 Å². The molecule has 0 saturated carbocycles. The Kier molecular flexibility index (Phi) is 6.74. The predicted molar refractivity (Wildman–Crippen MR) is 107 cm³/mol. The van der Waals surface area contributed by atoms with Crippen LogP contribution in [0.5, 0.6) is 5.75 Å². The van der Waals surface area contributed by atoms with Crippen LogP contribution in [0.3, 0.4) is 0 Å². The molecule has 10 heteroatoms. The van der Waals surface area contributed by atoms with Crippen molar-refractivity contribution < 1.29 is 27.1 Å². The second kappa shape index (κ2) is 9.08. The van der Waals surface area contributed by atoms with E-state index in [2.05, 4.69) is 10.0 Å². The molecular formula is C19H20ClFN2O5S. The summed E-state index contributed by atoms with van der Waals surface area (Å²) in [5, 5.41) is 2.83. The molecule has 1 amide bonds. The van der Waals surface area contributed by atoms with Crippen LogP contribution in [0.25, 0.3) is 0 Å². The van der Waals surface area contributed by atoms with Crippen molar-refractivity contribution >= 4 is 33.2 Å². The second-order valence-corrected chi connectivity index (χ2v) is 8.63. The summed E-state index contributed by atoms with van der Waals surface area (Å²) < 4.78 is 52.3. The SMILES string of the molecule is COc1ccc(Cl)cc1NC(=O)c1cc(S(=O)(=O)NCC2CCCO2)ccc1F. The van der Waals surface area contributed by atoms with Crippen LogP contribution in [-0.2, 0) is 14.8 Å². The first-order valence-corrected chi connectivity index (χ1v) is 10.7. The van der Waals surface area contributed by atoms with E-state index in [0.29, 0.717) is 17.4 Å². The Hall–Kier alpha value is -2.20. The lowest BCUT2D eigenvalue weighted by Crippen LogP contribution is -2.32. The van der Waals surface area contributed by atoms with Gasteiger partial charge in [0.05, 0.1) is 29.4 Å². The Balaban J connectivity index is 1.81. The number of rotatable bonds is 7. The fourth-order valence-electron chi connectivity index (χ4n) is 2.90. The van der Waals surface area contributed by atoms with Crippen LogP contribution in [-0.4, -0.2) is 40.7 Å². The zero-order chi connectivity index (χ0) is 21.0. The predicted octanol–water partition coefficient (Wildman–Crippen LogP) is 3.20. The van der Waals surface area contributed by atoms with E-state index in [1.54, 1.807) is 12.1 Å². The van der Waals surface area contributed by atoms with E-state index in [-0.39, 0.29) is 23.2 Å². The number of anilines is 1. The number of halogens is 2. The van der Waals surface area contributed by atoms with Gasteiger partial charge in [-0.3, -0.25) is 4.79 Å². The quantitative estimate of drug-likeness (QED) is 0.686. The number of carbonyl (C=O) groups is 1. The Morgan fingerprint density at radius 1 is 1.31 bits per heavy atom. The maximum atomic E-state index is 14.3. The number of nitrogens with one attached hydrogen (secondary N) is 2. The Bertz CT molecular complexity index is 1010. The maximum Gasteiger partial charge on any atom is 0.258 e. The van der Waals surface area contributed by atoms with E-state index < -0.39 is 27.3 Å². The molecule has 0 aliphatic carbocycles. The number of hydrogen-bond donors (Lipinski definition) is 2. The van der Waals surface area contributed by atoms with Gasteiger partial charge in [0.2, 0.25) is 10.0 Å². The van der Waals surface area contributed by atoms with Crippen molar-refractivity contribution in [3.8, 4) is 5.75 Å². The lowest BCUT2D eigenvalue weighted by atomic mass is 10.2. The lowest BCUT2D eigenvalue weighted by molar-refractivity contribution is 0.102. The Labute approximate surface area is 173 Å². The van der Waals surface area contributed by atoms with E-state index in [4.69, 9.17) is 21.1 Å². The number of ether oxygens (including phenoxy) is 2. The fraction of sp³-hybridized carbons (Fsp3) is 0.316. The zero-order valence-electron chi connectivity index (χ0n) is 15.6. The molecule has 0 radical (unpaired) electrons. The summed E-state index contributed by atoms with van der Waals surface area (Å²) in [6, 6.07) is 7.59. The molecule has 29 heavy (non-hydrogen) atoms. The van der Waals surface area contributed by atoms with E-state index in [0.717, 1.165) is 31.0 Å². The summed E-state index contributed by atoms with van der Waals surface area (Å²) in [4.78, 5) is 12.4. The van der Waals surface area contributed by atoms with Crippen LogP contribution < -0.4 is 14.8 Å². The Morgan fingerprint density at radius 2 is 2.10 bits per heavy atom. The molecule has 2 aromatic rings. The molecule has 3 rings (SSSR count). The van der Waals surface area contributed by atoms with Crippen molar-refractivity contribution in [3.63, 3.8) is 0 Å². The van der Waals surface area contributed by atoms with Crippen molar-refractivity contribution in [1.82, 2.24) is 4.72 Å². The molecule has 1 saturated heterocycles. The second-order valence-electron chi connectivity index (χ2n) is 6.43. The van der Waals surface area contributed by atoms with Gasteiger partial charge in [0.15, 0.2) is 0 Å². The van der Waals surface area contributed by atoms with E-state index in [9.17, 15) is 17.6 Å². The molecule has 2 N–H and O–H groups in total. The molecule has 2 aromatic carbocycles. The first-order valence-electron chi connectivity index (χ1n) is 8.86.